The summed E-state index contributed by atoms with van der Waals surface area (Å²) in [6, 6.07) is 11.0. The normalized spacial score (nSPS) is 12.2. The maximum absolute atomic E-state index is 10.7. The molecule has 0 spiro atoms. The Hall–Kier alpha value is -3.13. The van der Waals surface area contributed by atoms with Crippen molar-refractivity contribution in [3.8, 4) is 23.0 Å². The molecule has 2 aromatic rings. The highest BCUT2D eigenvalue weighted by Crippen LogP contribution is 2.27. The third-order valence-electron chi connectivity index (χ3n) is 4.77. The summed E-state index contributed by atoms with van der Waals surface area (Å²) < 4.78 is 21.3. The maximum Gasteiger partial charge on any atom is 0.194 e. The van der Waals surface area contributed by atoms with Gasteiger partial charge in [0, 0.05) is 37.8 Å². The lowest BCUT2D eigenvalue weighted by molar-refractivity contribution is 0.185. The van der Waals surface area contributed by atoms with E-state index in [0.717, 1.165) is 17.1 Å². The van der Waals surface area contributed by atoms with E-state index in [-0.39, 0.29) is 6.54 Å². The number of benzene rings is 2. The molecule has 1 unspecified atom stereocenters. The summed E-state index contributed by atoms with van der Waals surface area (Å²) in [5.41, 5.74) is 1.67. The molecule has 0 bridgehead atoms. The molecule has 2 rings (SSSR count). The average molecular weight is 432 g/mol. The van der Waals surface area contributed by atoms with Crippen molar-refractivity contribution in [1.29, 1.82) is 0 Å². The van der Waals surface area contributed by atoms with E-state index in [9.17, 15) is 5.11 Å². The van der Waals surface area contributed by atoms with Gasteiger partial charge in [-0.15, -0.1) is 0 Å². The second-order valence-electron chi connectivity index (χ2n) is 6.89. The second-order valence-corrected chi connectivity index (χ2v) is 6.89. The summed E-state index contributed by atoms with van der Waals surface area (Å²) in [6.45, 7) is 3.46. The number of rotatable bonds is 10. The number of hydrogen-bond acceptors (Lipinski definition) is 6. The Kier molecular flexibility index (Phi) is 9.27. The van der Waals surface area contributed by atoms with Crippen LogP contribution in [0.15, 0.2) is 41.4 Å². The Morgan fingerprint density at radius 1 is 0.968 bits per heavy atom. The molecule has 8 heteroatoms. The highest BCUT2D eigenvalue weighted by molar-refractivity contribution is 5.79. The number of nitrogens with one attached hydrogen (secondary N) is 1. The molecule has 0 saturated carbocycles. The third-order valence-corrected chi connectivity index (χ3v) is 4.77. The molecule has 0 aliphatic carbocycles. The van der Waals surface area contributed by atoms with Gasteiger partial charge in [0.15, 0.2) is 5.96 Å². The Bertz CT molecular complexity index is 850. The molecule has 0 heterocycles. The van der Waals surface area contributed by atoms with Crippen LogP contribution in [0.2, 0.25) is 0 Å². The van der Waals surface area contributed by atoms with E-state index in [1.807, 2.05) is 37.1 Å². The minimum Gasteiger partial charge on any atom is -0.497 e. The van der Waals surface area contributed by atoms with Gasteiger partial charge in [0.05, 0.1) is 41.1 Å². The summed E-state index contributed by atoms with van der Waals surface area (Å²) in [5, 5.41) is 14.0. The third kappa shape index (κ3) is 6.68. The fraction of sp³-hybridized carbons (Fsp3) is 0.435. The van der Waals surface area contributed by atoms with Crippen molar-refractivity contribution in [3.63, 3.8) is 0 Å². The molecule has 170 valence electrons. The topological polar surface area (TPSA) is 84.8 Å². The van der Waals surface area contributed by atoms with E-state index in [1.54, 1.807) is 46.6 Å². The number of aliphatic hydroxyl groups is 1. The summed E-state index contributed by atoms with van der Waals surface area (Å²) >= 11 is 0. The van der Waals surface area contributed by atoms with E-state index in [1.165, 1.54) is 0 Å². The van der Waals surface area contributed by atoms with Crippen LogP contribution in [0, 0.1) is 0 Å². The number of methoxy groups -OCH3 is 4. The van der Waals surface area contributed by atoms with Gasteiger partial charge in [-0.1, -0.05) is 0 Å². The number of ether oxygens (including phenoxy) is 4. The molecule has 0 aliphatic heterocycles. The number of aliphatic imine (C=N–C) groups is 1. The molecule has 0 amide bonds. The highest BCUT2D eigenvalue weighted by Gasteiger charge is 2.14. The van der Waals surface area contributed by atoms with Gasteiger partial charge in [-0.3, -0.25) is 4.99 Å². The van der Waals surface area contributed by atoms with Crippen molar-refractivity contribution in [2.24, 2.45) is 4.99 Å². The molecule has 0 radical (unpaired) electrons. The Morgan fingerprint density at radius 3 is 2.16 bits per heavy atom. The van der Waals surface area contributed by atoms with Crippen molar-refractivity contribution >= 4 is 5.96 Å². The monoisotopic (exact) mass is 431 g/mol. The van der Waals surface area contributed by atoms with Crippen molar-refractivity contribution < 1.29 is 24.1 Å². The average Bonchev–Trinajstić information content (AvgIpc) is 2.81. The minimum atomic E-state index is -0.804. The first kappa shape index (κ1) is 24.1. The van der Waals surface area contributed by atoms with Gasteiger partial charge >= 0.3 is 0 Å². The number of guanidine groups is 1. The van der Waals surface area contributed by atoms with Gasteiger partial charge in [0.25, 0.3) is 0 Å². The SMILES string of the molecule is CCNC(=NCC(O)c1cc(OC)cc(OC)c1)N(C)Cc1ccc(OC)cc1OC. The molecule has 0 fully saturated rings. The van der Waals surface area contributed by atoms with E-state index < -0.39 is 6.10 Å². The molecule has 0 aliphatic rings. The van der Waals surface area contributed by atoms with E-state index in [2.05, 4.69) is 10.3 Å². The molecule has 1 atom stereocenters. The fourth-order valence-corrected chi connectivity index (χ4v) is 3.08. The lowest BCUT2D eigenvalue weighted by Crippen LogP contribution is -2.38. The zero-order valence-corrected chi connectivity index (χ0v) is 19.1. The molecule has 8 nitrogen and oxygen atoms in total. The molecule has 2 aromatic carbocycles. The van der Waals surface area contributed by atoms with Crippen LogP contribution in [-0.2, 0) is 6.54 Å². The summed E-state index contributed by atoms with van der Waals surface area (Å²) in [4.78, 5) is 6.60. The van der Waals surface area contributed by atoms with E-state index in [0.29, 0.717) is 36.1 Å². The first-order chi connectivity index (χ1) is 14.9. The zero-order valence-electron chi connectivity index (χ0n) is 19.1. The van der Waals surface area contributed by atoms with Crippen LogP contribution in [0.1, 0.15) is 24.2 Å². The van der Waals surface area contributed by atoms with E-state index >= 15 is 0 Å². The van der Waals surface area contributed by atoms with Gasteiger partial charge in [-0.25, -0.2) is 0 Å². The molecular formula is C23H33N3O5. The lowest BCUT2D eigenvalue weighted by atomic mass is 10.1. The Morgan fingerprint density at radius 2 is 1.61 bits per heavy atom. The Balaban J connectivity index is 2.17. The second kappa shape index (κ2) is 11.9. The first-order valence-corrected chi connectivity index (χ1v) is 10.1. The van der Waals surface area contributed by atoms with Crippen LogP contribution in [0.25, 0.3) is 0 Å². The van der Waals surface area contributed by atoms with Gasteiger partial charge in [0.2, 0.25) is 0 Å². The van der Waals surface area contributed by atoms with Crippen LogP contribution < -0.4 is 24.3 Å². The quantitative estimate of drug-likeness (QED) is 0.442. The molecule has 0 aromatic heterocycles. The van der Waals surface area contributed by atoms with Crippen LogP contribution in [0.3, 0.4) is 0 Å². The first-order valence-electron chi connectivity index (χ1n) is 10.1. The van der Waals surface area contributed by atoms with Gasteiger partial charge < -0.3 is 34.3 Å². The minimum absolute atomic E-state index is 0.183. The van der Waals surface area contributed by atoms with Gasteiger partial charge in [-0.05, 0) is 36.8 Å². The smallest absolute Gasteiger partial charge is 0.194 e. The van der Waals surface area contributed by atoms with Crippen LogP contribution >= 0.6 is 0 Å². The predicted octanol–water partition coefficient (Wildman–Crippen LogP) is 2.85. The molecule has 31 heavy (non-hydrogen) atoms. The molecule has 2 N–H and O–H groups in total. The van der Waals surface area contributed by atoms with Crippen molar-refractivity contribution in [2.75, 3.05) is 48.6 Å². The summed E-state index contributed by atoms with van der Waals surface area (Å²) in [7, 11) is 8.35. The summed E-state index contributed by atoms with van der Waals surface area (Å²) in [5.74, 6) is 3.39. The zero-order chi connectivity index (χ0) is 22.8. The largest absolute Gasteiger partial charge is 0.497 e. The maximum atomic E-state index is 10.7. The van der Waals surface area contributed by atoms with Gasteiger partial charge in [-0.2, -0.15) is 0 Å². The van der Waals surface area contributed by atoms with Crippen LogP contribution in [-0.4, -0.2) is 64.5 Å². The standard InChI is InChI=1S/C23H33N3O5/c1-7-24-23(26(2)15-16-8-9-18(28-3)13-22(16)31-6)25-14-21(27)17-10-19(29-4)12-20(11-17)30-5/h8-13,21,27H,7,14-15H2,1-6H3,(H,24,25). The summed E-state index contributed by atoms with van der Waals surface area (Å²) in [6.07, 6.45) is -0.804. The molecule has 0 saturated heterocycles. The predicted molar refractivity (Wildman–Crippen MR) is 121 cm³/mol. The van der Waals surface area contributed by atoms with Crippen molar-refractivity contribution in [3.05, 3.63) is 47.5 Å². The Labute approximate surface area is 184 Å². The molecular weight excluding hydrogens is 398 g/mol. The number of hydrogen-bond donors (Lipinski definition) is 2. The van der Waals surface area contributed by atoms with Crippen molar-refractivity contribution in [1.82, 2.24) is 10.2 Å². The van der Waals surface area contributed by atoms with Crippen molar-refractivity contribution in [2.45, 2.75) is 19.6 Å². The number of nitrogens with zero attached hydrogens (tertiary/aromatic N) is 2. The number of aliphatic hydroxyl groups excluding tert-OH is 1. The van der Waals surface area contributed by atoms with Gasteiger partial charge in [0.1, 0.15) is 23.0 Å². The van der Waals surface area contributed by atoms with Crippen LogP contribution in [0.4, 0.5) is 0 Å². The lowest BCUT2D eigenvalue weighted by Gasteiger charge is -2.24. The van der Waals surface area contributed by atoms with E-state index in [4.69, 9.17) is 18.9 Å². The highest BCUT2D eigenvalue weighted by atomic mass is 16.5. The fourth-order valence-electron chi connectivity index (χ4n) is 3.08. The van der Waals surface area contributed by atoms with Crippen LogP contribution in [0.5, 0.6) is 23.0 Å².